The van der Waals surface area contributed by atoms with E-state index in [9.17, 15) is 4.79 Å². The lowest BCUT2D eigenvalue weighted by Crippen LogP contribution is -2.44. The van der Waals surface area contributed by atoms with Crippen molar-refractivity contribution in [2.24, 2.45) is 0 Å². The molecule has 1 aliphatic rings. The minimum atomic E-state index is -0.178. The third-order valence-corrected chi connectivity index (χ3v) is 4.91. The Morgan fingerprint density at radius 3 is 2.38 bits per heavy atom. The van der Waals surface area contributed by atoms with Crippen molar-refractivity contribution in [3.05, 3.63) is 54.1 Å². The maximum Gasteiger partial charge on any atom is 0.258 e. The zero-order valence-corrected chi connectivity index (χ0v) is 16.9. The van der Waals surface area contributed by atoms with Crippen molar-refractivity contribution in [3.8, 4) is 17.2 Å². The number of rotatable bonds is 9. The average molecular weight is 400 g/mol. The van der Waals surface area contributed by atoms with E-state index in [-0.39, 0.29) is 18.6 Å². The van der Waals surface area contributed by atoms with E-state index in [1.165, 1.54) is 0 Å². The van der Waals surface area contributed by atoms with E-state index in [2.05, 4.69) is 10.2 Å². The van der Waals surface area contributed by atoms with Crippen LogP contribution < -0.4 is 19.5 Å². The molecule has 1 N–H and O–H groups in total. The third kappa shape index (κ3) is 5.85. The Morgan fingerprint density at radius 1 is 1.03 bits per heavy atom. The number of carbonyl (C=O) groups is 1. The van der Waals surface area contributed by atoms with Gasteiger partial charge in [-0.05, 0) is 29.8 Å². The van der Waals surface area contributed by atoms with Crippen molar-refractivity contribution in [2.45, 2.75) is 6.04 Å². The molecule has 1 aliphatic heterocycles. The number of carbonyl (C=O) groups excluding carboxylic acids is 1. The molecule has 29 heavy (non-hydrogen) atoms. The van der Waals surface area contributed by atoms with Gasteiger partial charge in [0.1, 0.15) is 5.75 Å². The van der Waals surface area contributed by atoms with E-state index in [0.717, 1.165) is 24.4 Å². The molecule has 0 bridgehead atoms. The number of ether oxygens (including phenoxy) is 4. The van der Waals surface area contributed by atoms with Gasteiger partial charge in [0.05, 0.1) is 33.5 Å². The van der Waals surface area contributed by atoms with Crippen LogP contribution in [0.4, 0.5) is 0 Å². The number of amides is 1. The monoisotopic (exact) mass is 400 g/mol. The second-order valence-corrected chi connectivity index (χ2v) is 6.68. The summed E-state index contributed by atoms with van der Waals surface area (Å²) in [7, 11) is 3.22. The van der Waals surface area contributed by atoms with Gasteiger partial charge >= 0.3 is 0 Å². The Morgan fingerprint density at radius 2 is 1.72 bits per heavy atom. The number of methoxy groups -OCH3 is 2. The molecule has 1 heterocycles. The Balaban J connectivity index is 1.60. The van der Waals surface area contributed by atoms with Crippen molar-refractivity contribution in [1.29, 1.82) is 0 Å². The van der Waals surface area contributed by atoms with E-state index in [1.54, 1.807) is 26.4 Å². The van der Waals surface area contributed by atoms with Gasteiger partial charge in [0.2, 0.25) is 0 Å². The molecule has 1 fully saturated rings. The number of nitrogens with one attached hydrogen (secondary N) is 1. The molecule has 0 aromatic heterocycles. The number of benzene rings is 2. The van der Waals surface area contributed by atoms with Gasteiger partial charge in [0, 0.05) is 19.6 Å². The predicted octanol–water partition coefficient (Wildman–Crippen LogP) is 2.27. The lowest BCUT2D eigenvalue weighted by Gasteiger charge is -2.35. The lowest BCUT2D eigenvalue weighted by molar-refractivity contribution is -0.123. The molecular weight excluding hydrogens is 372 g/mol. The zero-order valence-electron chi connectivity index (χ0n) is 16.9. The lowest BCUT2D eigenvalue weighted by atomic mass is 10.0. The molecule has 0 radical (unpaired) electrons. The summed E-state index contributed by atoms with van der Waals surface area (Å²) in [6, 6.07) is 15.3. The molecule has 0 aliphatic carbocycles. The van der Waals surface area contributed by atoms with Crippen LogP contribution in [0, 0.1) is 0 Å². The Labute approximate surface area is 171 Å². The van der Waals surface area contributed by atoms with Gasteiger partial charge < -0.3 is 24.3 Å². The first kappa shape index (κ1) is 21.0. The van der Waals surface area contributed by atoms with Crippen LogP contribution in [0.2, 0.25) is 0 Å². The number of hydrogen-bond acceptors (Lipinski definition) is 6. The zero-order chi connectivity index (χ0) is 20.5. The van der Waals surface area contributed by atoms with Crippen molar-refractivity contribution < 1.29 is 23.7 Å². The Kier molecular flexibility index (Phi) is 7.72. The molecule has 3 rings (SSSR count). The molecular formula is C22H28N2O5. The van der Waals surface area contributed by atoms with Gasteiger partial charge in [-0.3, -0.25) is 9.69 Å². The summed E-state index contributed by atoms with van der Waals surface area (Å²) in [6.45, 7) is 3.45. The van der Waals surface area contributed by atoms with Crippen molar-refractivity contribution in [3.63, 3.8) is 0 Å². The van der Waals surface area contributed by atoms with Crippen molar-refractivity contribution in [2.75, 3.05) is 53.7 Å². The van der Waals surface area contributed by atoms with Crippen LogP contribution in [0.25, 0.3) is 0 Å². The summed E-state index contributed by atoms with van der Waals surface area (Å²) in [5.41, 5.74) is 1.12. The predicted molar refractivity (Wildman–Crippen MR) is 110 cm³/mol. The van der Waals surface area contributed by atoms with Crippen LogP contribution in [0.3, 0.4) is 0 Å². The van der Waals surface area contributed by atoms with Gasteiger partial charge in [0.15, 0.2) is 18.1 Å². The summed E-state index contributed by atoms with van der Waals surface area (Å²) in [6.07, 6.45) is 0. The number of hydrogen-bond donors (Lipinski definition) is 1. The largest absolute Gasteiger partial charge is 0.497 e. The summed E-state index contributed by atoms with van der Waals surface area (Å²) >= 11 is 0. The van der Waals surface area contributed by atoms with E-state index in [1.807, 2.05) is 36.4 Å². The van der Waals surface area contributed by atoms with E-state index in [4.69, 9.17) is 18.9 Å². The highest BCUT2D eigenvalue weighted by atomic mass is 16.5. The summed E-state index contributed by atoms with van der Waals surface area (Å²) in [4.78, 5) is 14.7. The molecule has 7 nitrogen and oxygen atoms in total. The minimum Gasteiger partial charge on any atom is -0.497 e. The molecule has 0 spiro atoms. The molecule has 2 aromatic rings. The molecule has 156 valence electrons. The number of para-hydroxylation sites is 2. The van der Waals surface area contributed by atoms with E-state index in [0.29, 0.717) is 31.3 Å². The van der Waals surface area contributed by atoms with Crippen LogP contribution in [0.15, 0.2) is 48.5 Å². The Hall–Kier alpha value is -2.77. The quantitative estimate of drug-likeness (QED) is 0.697. The molecule has 0 saturated carbocycles. The smallest absolute Gasteiger partial charge is 0.258 e. The van der Waals surface area contributed by atoms with Crippen LogP contribution in [-0.2, 0) is 9.53 Å². The van der Waals surface area contributed by atoms with Crippen molar-refractivity contribution in [1.82, 2.24) is 10.2 Å². The molecule has 1 unspecified atom stereocenters. The fourth-order valence-electron chi connectivity index (χ4n) is 3.32. The third-order valence-electron chi connectivity index (χ3n) is 4.91. The highest BCUT2D eigenvalue weighted by Gasteiger charge is 2.23. The average Bonchev–Trinajstić information content (AvgIpc) is 2.79. The first-order valence-corrected chi connectivity index (χ1v) is 9.69. The maximum atomic E-state index is 12.4. The van der Waals surface area contributed by atoms with Gasteiger partial charge in [-0.1, -0.05) is 24.3 Å². The standard InChI is InChI=1S/C22H28N2O5/c1-26-18-9-7-17(8-10-18)19(24-11-13-28-14-12-24)15-23-22(25)16-29-21-6-4-3-5-20(21)27-2/h3-10,19H,11-16H2,1-2H3,(H,23,25). The molecule has 7 heteroatoms. The first-order chi connectivity index (χ1) is 14.2. The molecule has 1 amide bonds. The molecule has 2 aromatic carbocycles. The topological polar surface area (TPSA) is 69.3 Å². The summed E-state index contributed by atoms with van der Waals surface area (Å²) in [5.74, 6) is 1.78. The minimum absolute atomic E-state index is 0.0556. The SMILES string of the molecule is COc1ccc(C(CNC(=O)COc2ccccc2OC)N2CCOCC2)cc1. The first-order valence-electron chi connectivity index (χ1n) is 9.69. The highest BCUT2D eigenvalue weighted by molar-refractivity contribution is 5.77. The van der Waals surface area contributed by atoms with Gasteiger partial charge in [0.25, 0.3) is 5.91 Å². The second-order valence-electron chi connectivity index (χ2n) is 6.68. The van der Waals surface area contributed by atoms with Gasteiger partial charge in [-0.25, -0.2) is 0 Å². The van der Waals surface area contributed by atoms with Gasteiger partial charge in [-0.15, -0.1) is 0 Å². The van der Waals surface area contributed by atoms with Crippen LogP contribution in [0.5, 0.6) is 17.2 Å². The molecule has 1 atom stereocenters. The number of morpholine rings is 1. The summed E-state index contributed by atoms with van der Waals surface area (Å²) in [5, 5.41) is 3.00. The van der Waals surface area contributed by atoms with Crippen LogP contribution in [0.1, 0.15) is 11.6 Å². The number of nitrogens with zero attached hydrogens (tertiary/aromatic N) is 1. The fraction of sp³-hybridized carbons (Fsp3) is 0.409. The van der Waals surface area contributed by atoms with E-state index >= 15 is 0 Å². The highest BCUT2D eigenvalue weighted by Crippen LogP contribution is 2.26. The van der Waals surface area contributed by atoms with Crippen LogP contribution >= 0.6 is 0 Å². The van der Waals surface area contributed by atoms with Gasteiger partial charge in [-0.2, -0.15) is 0 Å². The van der Waals surface area contributed by atoms with E-state index < -0.39 is 0 Å². The van der Waals surface area contributed by atoms with Crippen molar-refractivity contribution >= 4 is 5.91 Å². The maximum absolute atomic E-state index is 12.4. The Bertz CT molecular complexity index is 775. The second kappa shape index (κ2) is 10.7. The normalized spacial score (nSPS) is 15.4. The fourth-order valence-corrected chi connectivity index (χ4v) is 3.32. The van der Waals surface area contributed by atoms with Crippen LogP contribution in [-0.4, -0.2) is 64.5 Å². The molecule has 1 saturated heterocycles. The summed E-state index contributed by atoms with van der Waals surface area (Å²) < 4.78 is 21.6.